The van der Waals surface area contributed by atoms with E-state index in [0.717, 1.165) is 25.5 Å². The average molecular weight is 422 g/mol. The van der Waals surface area contributed by atoms with Gasteiger partial charge in [0.15, 0.2) is 5.96 Å². The summed E-state index contributed by atoms with van der Waals surface area (Å²) in [6, 6.07) is 0.551. The minimum atomic E-state index is 0. The summed E-state index contributed by atoms with van der Waals surface area (Å²) in [5.41, 5.74) is 0. The van der Waals surface area contributed by atoms with Gasteiger partial charge in [-0.3, -0.25) is 9.79 Å². The molecule has 128 valence electrons. The molecule has 2 rings (SSSR count). The quantitative estimate of drug-likeness (QED) is 0.416. The van der Waals surface area contributed by atoms with Gasteiger partial charge in [-0.25, -0.2) is 0 Å². The molecule has 1 amide bonds. The third-order valence-electron chi connectivity index (χ3n) is 4.56. The van der Waals surface area contributed by atoms with E-state index in [4.69, 9.17) is 0 Å². The van der Waals surface area contributed by atoms with Gasteiger partial charge in [-0.1, -0.05) is 19.8 Å². The number of piperidine rings is 1. The number of hydrogen-bond acceptors (Lipinski definition) is 2. The lowest BCUT2D eigenvalue weighted by atomic mass is 10.00. The number of hydrogen-bond donors (Lipinski definition) is 2. The van der Waals surface area contributed by atoms with Crippen molar-refractivity contribution < 1.29 is 4.79 Å². The van der Waals surface area contributed by atoms with Gasteiger partial charge in [0.25, 0.3) is 0 Å². The van der Waals surface area contributed by atoms with Gasteiger partial charge < -0.3 is 15.5 Å². The number of halogens is 1. The summed E-state index contributed by atoms with van der Waals surface area (Å²) in [5.74, 6) is 1.75. The second-order valence-electron chi connectivity index (χ2n) is 6.46. The number of nitrogens with one attached hydrogen (secondary N) is 2. The lowest BCUT2D eigenvalue weighted by Crippen LogP contribution is -2.44. The van der Waals surface area contributed by atoms with Crippen LogP contribution in [0.4, 0.5) is 0 Å². The predicted molar refractivity (Wildman–Crippen MR) is 102 cm³/mol. The van der Waals surface area contributed by atoms with Gasteiger partial charge in [0.2, 0.25) is 5.91 Å². The van der Waals surface area contributed by atoms with Gasteiger partial charge in [0, 0.05) is 39.1 Å². The Kier molecular flexibility index (Phi) is 9.12. The van der Waals surface area contributed by atoms with E-state index < -0.39 is 0 Å². The molecular formula is C16H31IN4O. The maximum absolute atomic E-state index is 12.2. The van der Waals surface area contributed by atoms with E-state index in [1.807, 2.05) is 4.90 Å². The Morgan fingerprint density at radius 3 is 2.59 bits per heavy atom. The van der Waals surface area contributed by atoms with Crippen LogP contribution in [-0.4, -0.2) is 49.5 Å². The van der Waals surface area contributed by atoms with Crippen LogP contribution in [0.5, 0.6) is 0 Å². The van der Waals surface area contributed by atoms with Crippen LogP contribution >= 0.6 is 24.0 Å². The second kappa shape index (κ2) is 10.3. The van der Waals surface area contributed by atoms with E-state index in [2.05, 4.69) is 22.5 Å². The first-order valence-electron chi connectivity index (χ1n) is 8.44. The van der Waals surface area contributed by atoms with Crippen LogP contribution < -0.4 is 10.6 Å². The van der Waals surface area contributed by atoms with E-state index in [1.165, 1.54) is 32.1 Å². The monoisotopic (exact) mass is 422 g/mol. The Bertz CT molecular complexity index is 369. The molecule has 0 spiro atoms. The maximum atomic E-state index is 12.2. The molecule has 22 heavy (non-hydrogen) atoms. The number of rotatable bonds is 4. The van der Waals surface area contributed by atoms with Crippen molar-refractivity contribution in [3.05, 3.63) is 0 Å². The summed E-state index contributed by atoms with van der Waals surface area (Å²) in [7, 11) is 1.79. The molecule has 1 unspecified atom stereocenters. The fourth-order valence-electron chi connectivity index (χ4n) is 3.32. The minimum absolute atomic E-state index is 0. The standard InChI is InChI=1S/C16H30N4O.HI/c1-13-6-5-11-20(12-13)15(21)9-10-18-16(17-2)19-14-7-3-4-8-14;/h13-14H,3-12H2,1-2H3,(H2,17,18,19);1H. The number of likely N-dealkylation sites (tertiary alicyclic amines) is 1. The van der Waals surface area contributed by atoms with Crippen molar-refractivity contribution in [3.63, 3.8) is 0 Å². The zero-order valence-corrected chi connectivity index (χ0v) is 16.3. The predicted octanol–water partition coefficient (Wildman–Crippen LogP) is 2.36. The highest BCUT2D eigenvalue weighted by atomic mass is 127. The topological polar surface area (TPSA) is 56.7 Å². The fraction of sp³-hybridized carbons (Fsp3) is 0.875. The smallest absolute Gasteiger partial charge is 0.224 e. The molecule has 1 saturated heterocycles. The largest absolute Gasteiger partial charge is 0.356 e. The molecule has 0 radical (unpaired) electrons. The fourth-order valence-corrected chi connectivity index (χ4v) is 3.32. The molecular weight excluding hydrogens is 391 g/mol. The van der Waals surface area contributed by atoms with Crippen molar-refractivity contribution in [2.75, 3.05) is 26.7 Å². The molecule has 6 heteroatoms. The molecule has 1 saturated carbocycles. The zero-order chi connectivity index (χ0) is 15.1. The highest BCUT2D eigenvalue weighted by Crippen LogP contribution is 2.17. The van der Waals surface area contributed by atoms with Crippen LogP contribution in [0.1, 0.15) is 51.9 Å². The number of guanidine groups is 1. The SMILES string of the molecule is CN=C(NCCC(=O)N1CCCC(C)C1)NC1CCCC1.I. The molecule has 0 aromatic heterocycles. The molecule has 2 N–H and O–H groups in total. The molecule has 5 nitrogen and oxygen atoms in total. The van der Waals surface area contributed by atoms with Crippen LogP contribution in [-0.2, 0) is 4.79 Å². The van der Waals surface area contributed by atoms with E-state index in [1.54, 1.807) is 7.05 Å². The number of amides is 1. The first-order chi connectivity index (χ1) is 10.2. The number of nitrogens with zero attached hydrogens (tertiary/aromatic N) is 2. The van der Waals surface area contributed by atoms with Gasteiger partial charge in [-0.05, 0) is 31.6 Å². The Morgan fingerprint density at radius 2 is 1.95 bits per heavy atom. The third-order valence-corrected chi connectivity index (χ3v) is 4.56. The normalized spacial score (nSPS) is 23.1. The summed E-state index contributed by atoms with van der Waals surface area (Å²) in [6.45, 7) is 4.74. The van der Waals surface area contributed by atoms with E-state index in [0.29, 0.717) is 24.9 Å². The van der Waals surface area contributed by atoms with Crippen LogP contribution in [0.2, 0.25) is 0 Å². The summed E-state index contributed by atoms with van der Waals surface area (Å²) < 4.78 is 0. The molecule has 1 aliphatic carbocycles. The van der Waals surface area contributed by atoms with Crippen molar-refractivity contribution in [2.45, 2.75) is 57.9 Å². The molecule has 2 fully saturated rings. The molecule has 1 heterocycles. The molecule has 0 bridgehead atoms. The number of aliphatic imine (C=N–C) groups is 1. The first kappa shape index (κ1) is 19.5. The van der Waals surface area contributed by atoms with Crippen molar-refractivity contribution in [1.82, 2.24) is 15.5 Å². The molecule has 1 atom stereocenters. The Hall–Kier alpha value is -0.530. The maximum Gasteiger partial charge on any atom is 0.224 e. The van der Waals surface area contributed by atoms with E-state index in [9.17, 15) is 4.79 Å². The van der Waals surface area contributed by atoms with Crippen molar-refractivity contribution >= 4 is 35.8 Å². The van der Waals surface area contributed by atoms with Crippen molar-refractivity contribution in [2.24, 2.45) is 10.9 Å². The summed E-state index contributed by atoms with van der Waals surface area (Å²) in [5, 5.41) is 6.71. The van der Waals surface area contributed by atoms with Gasteiger partial charge in [0.05, 0.1) is 0 Å². The highest BCUT2D eigenvalue weighted by Gasteiger charge is 2.20. The average Bonchev–Trinajstić information content (AvgIpc) is 2.99. The molecule has 2 aliphatic rings. The summed E-state index contributed by atoms with van der Waals surface area (Å²) >= 11 is 0. The van der Waals surface area contributed by atoms with Gasteiger partial charge in [0.1, 0.15) is 0 Å². The zero-order valence-electron chi connectivity index (χ0n) is 13.9. The Morgan fingerprint density at radius 1 is 1.23 bits per heavy atom. The Balaban J connectivity index is 0.00000242. The highest BCUT2D eigenvalue weighted by molar-refractivity contribution is 14.0. The number of carbonyl (C=O) groups is 1. The molecule has 0 aromatic rings. The lowest BCUT2D eigenvalue weighted by molar-refractivity contribution is -0.132. The number of carbonyl (C=O) groups excluding carboxylic acids is 1. The Labute approximate surface area is 151 Å². The van der Waals surface area contributed by atoms with Gasteiger partial charge in [-0.15, -0.1) is 24.0 Å². The van der Waals surface area contributed by atoms with E-state index >= 15 is 0 Å². The second-order valence-corrected chi connectivity index (χ2v) is 6.46. The summed E-state index contributed by atoms with van der Waals surface area (Å²) in [6.07, 6.45) is 8.01. The lowest BCUT2D eigenvalue weighted by Gasteiger charge is -2.31. The minimum Gasteiger partial charge on any atom is -0.356 e. The van der Waals surface area contributed by atoms with Crippen LogP contribution in [0.3, 0.4) is 0 Å². The van der Waals surface area contributed by atoms with Crippen LogP contribution in [0, 0.1) is 5.92 Å². The van der Waals surface area contributed by atoms with E-state index in [-0.39, 0.29) is 29.9 Å². The molecule has 1 aliphatic heterocycles. The third kappa shape index (κ3) is 6.30. The first-order valence-corrected chi connectivity index (χ1v) is 8.44. The van der Waals surface area contributed by atoms with Gasteiger partial charge >= 0.3 is 0 Å². The summed E-state index contributed by atoms with van der Waals surface area (Å²) in [4.78, 5) is 18.4. The molecule has 0 aromatic carbocycles. The van der Waals surface area contributed by atoms with Crippen molar-refractivity contribution in [3.8, 4) is 0 Å². The van der Waals surface area contributed by atoms with Crippen LogP contribution in [0.25, 0.3) is 0 Å². The van der Waals surface area contributed by atoms with Crippen LogP contribution in [0.15, 0.2) is 4.99 Å². The van der Waals surface area contributed by atoms with Crippen molar-refractivity contribution in [1.29, 1.82) is 0 Å². The van der Waals surface area contributed by atoms with Gasteiger partial charge in [-0.2, -0.15) is 0 Å².